The maximum atomic E-state index is 12.4. The molecular weight excluding hydrogens is 266 g/mol. The molecule has 0 aliphatic carbocycles. The number of halogens is 1. The highest BCUT2D eigenvalue weighted by molar-refractivity contribution is 6.31. The zero-order valence-corrected chi connectivity index (χ0v) is 10.9. The number of carbonyl (C=O) groups is 1. The fourth-order valence-electron chi connectivity index (χ4n) is 1.70. The van der Waals surface area contributed by atoms with E-state index in [1.807, 2.05) is 0 Å². The number of nitrogen functional groups attached to an aromatic ring is 2. The third kappa shape index (κ3) is 2.46. The normalized spacial score (nSPS) is 10.2. The molecule has 6 heteroatoms. The molecule has 0 saturated carbocycles. The summed E-state index contributed by atoms with van der Waals surface area (Å²) in [6.45, 7) is 0. The minimum atomic E-state index is -0.344. The number of para-hydroxylation sites is 1. The Morgan fingerprint density at radius 1 is 1.32 bits per heavy atom. The molecule has 19 heavy (non-hydrogen) atoms. The molecule has 0 fully saturated rings. The highest BCUT2D eigenvalue weighted by Crippen LogP contribution is 2.28. The van der Waals surface area contributed by atoms with E-state index in [-0.39, 0.29) is 22.9 Å². The lowest BCUT2D eigenvalue weighted by atomic mass is 10.0. The van der Waals surface area contributed by atoms with Crippen molar-refractivity contribution in [2.24, 2.45) is 0 Å². The van der Waals surface area contributed by atoms with Gasteiger partial charge in [0.2, 0.25) is 0 Å². The first-order valence-electron chi connectivity index (χ1n) is 5.42. The van der Waals surface area contributed by atoms with Gasteiger partial charge in [-0.25, -0.2) is 4.98 Å². The van der Waals surface area contributed by atoms with E-state index in [1.54, 1.807) is 18.2 Å². The van der Waals surface area contributed by atoms with Crippen LogP contribution in [0.5, 0.6) is 5.75 Å². The van der Waals surface area contributed by atoms with Gasteiger partial charge in [0.1, 0.15) is 11.6 Å². The van der Waals surface area contributed by atoms with Crippen LogP contribution in [-0.4, -0.2) is 17.9 Å². The average Bonchev–Trinajstić information content (AvgIpc) is 2.41. The number of hydrogen-bond donors (Lipinski definition) is 2. The Hall–Kier alpha value is -2.27. The molecule has 1 heterocycles. The Balaban J connectivity index is 2.53. The van der Waals surface area contributed by atoms with Gasteiger partial charge in [0.05, 0.1) is 23.4 Å². The first-order valence-corrected chi connectivity index (χ1v) is 5.80. The highest BCUT2D eigenvalue weighted by atomic mass is 35.5. The Bertz CT molecular complexity index is 644. The van der Waals surface area contributed by atoms with Gasteiger partial charge in [-0.15, -0.1) is 0 Å². The maximum absolute atomic E-state index is 12.4. The smallest absolute Gasteiger partial charge is 0.198 e. The fraction of sp³-hybridized carbons (Fsp3) is 0.0769. The number of pyridine rings is 1. The predicted molar refractivity (Wildman–Crippen MR) is 74.5 cm³/mol. The average molecular weight is 278 g/mol. The van der Waals surface area contributed by atoms with Crippen LogP contribution in [0, 0.1) is 0 Å². The lowest BCUT2D eigenvalue weighted by Gasteiger charge is -2.10. The maximum Gasteiger partial charge on any atom is 0.198 e. The standard InChI is InChI=1S/C13H12ClN3O2/c1-19-10-4-2-3-8(11(10)15)12(18)9-5-7(14)6-17-13(9)16/h2-6H,15H2,1H3,(H2,16,17). The minimum absolute atomic E-state index is 0.108. The number of carbonyl (C=O) groups excluding carboxylic acids is 1. The molecule has 98 valence electrons. The molecule has 0 aliphatic heterocycles. The van der Waals surface area contributed by atoms with Gasteiger partial charge in [-0.2, -0.15) is 0 Å². The van der Waals surface area contributed by atoms with Crippen LogP contribution in [0.3, 0.4) is 0 Å². The summed E-state index contributed by atoms with van der Waals surface area (Å²) in [5.41, 5.74) is 12.3. The first kappa shape index (κ1) is 13.2. The molecular formula is C13H12ClN3O2. The molecule has 2 rings (SSSR count). The van der Waals surface area contributed by atoms with Gasteiger partial charge in [-0.05, 0) is 18.2 Å². The number of aromatic nitrogens is 1. The van der Waals surface area contributed by atoms with Crippen molar-refractivity contribution in [3.8, 4) is 5.75 Å². The summed E-state index contributed by atoms with van der Waals surface area (Å²) in [5.74, 6) is 0.194. The number of ether oxygens (including phenoxy) is 1. The summed E-state index contributed by atoms with van der Waals surface area (Å²) in [5, 5.41) is 0.332. The van der Waals surface area contributed by atoms with Crippen LogP contribution in [0.25, 0.3) is 0 Å². The van der Waals surface area contributed by atoms with Crippen molar-refractivity contribution in [2.75, 3.05) is 18.6 Å². The van der Waals surface area contributed by atoms with Gasteiger partial charge in [0.25, 0.3) is 0 Å². The van der Waals surface area contributed by atoms with E-state index >= 15 is 0 Å². The van der Waals surface area contributed by atoms with Crippen LogP contribution < -0.4 is 16.2 Å². The highest BCUT2D eigenvalue weighted by Gasteiger charge is 2.18. The molecule has 0 bridgehead atoms. The molecule has 0 atom stereocenters. The Kier molecular flexibility index (Phi) is 3.57. The van der Waals surface area contributed by atoms with Crippen molar-refractivity contribution < 1.29 is 9.53 Å². The number of ketones is 1. The van der Waals surface area contributed by atoms with Crippen molar-refractivity contribution in [3.63, 3.8) is 0 Å². The summed E-state index contributed by atoms with van der Waals surface area (Å²) >= 11 is 5.82. The van der Waals surface area contributed by atoms with Crippen LogP contribution in [0.2, 0.25) is 5.02 Å². The molecule has 0 aliphatic rings. The van der Waals surface area contributed by atoms with Crippen LogP contribution in [0.4, 0.5) is 11.5 Å². The Morgan fingerprint density at radius 2 is 2.05 bits per heavy atom. The molecule has 0 amide bonds. The third-order valence-corrected chi connectivity index (χ3v) is 2.87. The number of benzene rings is 1. The van der Waals surface area contributed by atoms with Gasteiger partial charge < -0.3 is 16.2 Å². The Labute approximate surface area is 115 Å². The Morgan fingerprint density at radius 3 is 2.74 bits per heavy atom. The van der Waals surface area contributed by atoms with Crippen LogP contribution >= 0.6 is 11.6 Å². The molecule has 0 unspecified atom stereocenters. The zero-order chi connectivity index (χ0) is 14.0. The molecule has 1 aromatic heterocycles. The molecule has 4 N–H and O–H groups in total. The number of rotatable bonds is 3. The van der Waals surface area contributed by atoms with E-state index in [0.29, 0.717) is 16.3 Å². The van der Waals surface area contributed by atoms with E-state index in [9.17, 15) is 4.79 Å². The predicted octanol–water partition coefficient (Wildman–Crippen LogP) is 2.14. The monoisotopic (exact) mass is 277 g/mol. The molecule has 2 aromatic rings. The SMILES string of the molecule is COc1cccc(C(=O)c2cc(Cl)cnc2N)c1N. The molecule has 0 saturated heterocycles. The lowest BCUT2D eigenvalue weighted by molar-refractivity contribution is 0.104. The number of hydrogen-bond acceptors (Lipinski definition) is 5. The third-order valence-electron chi connectivity index (χ3n) is 2.66. The van der Waals surface area contributed by atoms with Gasteiger partial charge in [0.15, 0.2) is 5.78 Å². The van der Waals surface area contributed by atoms with Crippen LogP contribution in [0.1, 0.15) is 15.9 Å². The second kappa shape index (κ2) is 5.16. The summed E-state index contributed by atoms with van der Waals surface area (Å²) in [7, 11) is 1.48. The van der Waals surface area contributed by atoms with Crippen molar-refractivity contribution in [3.05, 3.63) is 46.6 Å². The summed E-state index contributed by atoms with van der Waals surface area (Å²) < 4.78 is 5.08. The summed E-state index contributed by atoms with van der Waals surface area (Å²) in [6, 6.07) is 6.41. The zero-order valence-electron chi connectivity index (χ0n) is 10.2. The van der Waals surface area contributed by atoms with Gasteiger partial charge in [-0.1, -0.05) is 17.7 Å². The van der Waals surface area contributed by atoms with E-state index in [0.717, 1.165) is 0 Å². The van der Waals surface area contributed by atoms with Gasteiger partial charge >= 0.3 is 0 Å². The summed E-state index contributed by atoms with van der Waals surface area (Å²) in [4.78, 5) is 16.2. The minimum Gasteiger partial charge on any atom is -0.495 e. The van der Waals surface area contributed by atoms with Crippen LogP contribution in [-0.2, 0) is 0 Å². The summed E-state index contributed by atoms with van der Waals surface area (Å²) in [6.07, 6.45) is 1.38. The van der Waals surface area contributed by atoms with Gasteiger partial charge in [-0.3, -0.25) is 4.79 Å². The number of methoxy groups -OCH3 is 1. The number of anilines is 2. The largest absolute Gasteiger partial charge is 0.495 e. The fourth-order valence-corrected chi connectivity index (χ4v) is 1.85. The lowest BCUT2D eigenvalue weighted by Crippen LogP contribution is -2.10. The molecule has 5 nitrogen and oxygen atoms in total. The van der Waals surface area contributed by atoms with Crippen molar-refractivity contribution in [2.45, 2.75) is 0 Å². The first-order chi connectivity index (χ1) is 9.04. The van der Waals surface area contributed by atoms with Crippen molar-refractivity contribution >= 4 is 28.9 Å². The molecule has 0 radical (unpaired) electrons. The number of nitrogens with two attached hydrogens (primary N) is 2. The second-order valence-electron chi connectivity index (χ2n) is 3.84. The molecule has 0 spiro atoms. The second-order valence-corrected chi connectivity index (χ2v) is 4.27. The van der Waals surface area contributed by atoms with Crippen LogP contribution in [0.15, 0.2) is 30.5 Å². The van der Waals surface area contributed by atoms with E-state index in [2.05, 4.69) is 4.98 Å². The van der Waals surface area contributed by atoms with Crippen molar-refractivity contribution in [1.82, 2.24) is 4.98 Å². The topological polar surface area (TPSA) is 91.2 Å². The van der Waals surface area contributed by atoms with Gasteiger partial charge in [0, 0.05) is 11.8 Å². The van der Waals surface area contributed by atoms with E-state index in [4.69, 9.17) is 27.8 Å². The molecule has 1 aromatic carbocycles. The van der Waals surface area contributed by atoms with Crippen molar-refractivity contribution in [1.29, 1.82) is 0 Å². The van der Waals surface area contributed by atoms with E-state index in [1.165, 1.54) is 19.4 Å². The number of nitrogens with zero attached hydrogens (tertiary/aromatic N) is 1. The quantitative estimate of drug-likeness (QED) is 0.662. The van der Waals surface area contributed by atoms with E-state index < -0.39 is 0 Å².